The molecule has 0 saturated carbocycles. The van der Waals surface area contributed by atoms with Crippen LogP contribution in [0, 0.1) is 0 Å². The normalized spacial score (nSPS) is 20.6. The van der Waals surface area contributed by atoms with E-state index in [-0.39, 0.29) is 17.1 Å². The number of carboxylic acids is 2. The van der Waals surface area contributed by atoms with Crippen LogP contribution in [0.15, 0.2) is 21.1 Å². The quantitative estimate of drug-likeness (QED) is 0.211. The second-order valence-corrected chi connectivity index (χ2v) is 8.90. The minimum atomic E-state index is -1.28. The minimum Gasteiger partial charge on any atom is -0.479 e. The first kappa shape index (κ1) is 22.9. The third kappa shape index (κ3) is 4.62. The van der Waals surface area contributed by atoms with Crippen LogP contribution in [0.2, 0.25) is 0 Å². The maximum atomic E-state index is 12.8. The summed E-state index contributed by atoms with van der Waals surface area (Å²) >= 11 is 3.78. The summed E-state index contributed by atoms with van der Waals surface area (Å²) in [5.41, 5.74) is -0.249. The van der Waals surface area contributed by atoms with E-state index in [1.807, 2.05) is 0 Å². The molecule has 2 aliphatic heterocycles. The van der Waals surface area contributed by atoms with Crippen molar-refractivity contribution in [3.63, 3.8) is 0 Å². The number of β-lactam (4-membered cyclic amide) rings is 1. The molecule has 2 aliphatic rings. The highest BCUT2D eigenvalue weighted by molar-refractivity contribution is 8.05. The van der Waals surface area contributed by atoms with Gasteiger partial charge in [-0.1, -0.05) is 5.16 Å². The van der Waals surface area contributed by atoms with Gasteiger partial charge in [0, 0.05) is 23.1 Å². The Kier molecular flexibility index (Phi) is 7.07. The molecule has 3 heterocycles. The van der Waals surface area contributed by atoms with Gasteiger partial charge in [0.2, 0.25) is 6.61 Å². The molecule has 2 amide bonds. The lowest BCUT2D eigenvalue weighted by Gasteiger charge is -2.49. The number of carbonyl (C=O) groups is 4. The summed E-state index contributed by atoms with van der Waals surface area (Å²) in [7, 11) is 1.64. The summed E-state index contributed by atoms with van der Waals surface area (Å²) < 4.78 is 0. The van der Waals surface area contributed by atoms with Crippen molar-refractivity contribution >= 4 is 69.5 Å². The molecule has 1 saturated heterocycles. The molecule has 15 heteroatoms. The summed E-state index contributed by atoms with van der Waals surface area (Å²) in [6.07, 6.45) is 1.73. The van der Waals surface area contributed by atoms with Crippen LogP contribution in [0.5, 0.6) is 0 Å². The lowest BCUT2D eigenvalue weighted by atomic mass is 10.0. The number of nitrogens with one attached hydrogen (secondary N) is 2. The van der Waals surface area contributed by atoms with Gasteiger partial charge in [-0.15, -0.1) is 34.9 Å². The highest BCUT2D eigenvalue weighted by Crippen LogP contribution is 2.42. The Bertz CT molecular complexity index is 992. The van der Waals surface area contributed by atoms with Gasteiger partial charge >= 0.3 is 11.9 Å². The first-order valence-corrected chi connectivity index (χ1v) is 11.7. The number of amides is 2. The van der Waals surface area contributed by atoms with E-state index in [0.29, 0.717) is 15.8 Å². The largest absolute Gasteiger partial charge is 0.479 e. The highest BCUT2D eigenvalue weighted by Gasteiger charge is 2.54. The number of aromatic nitrogens is 1. The van der Waals surface area contributed by atoms with E-state index in [2.05, 4.69) is 20.8 Å². The molecule has 0 radical (unpaired) electrons. The average Bonchev–Trinajstić information content (AvgIpc) is 3.22. The summed E-state index contributed by atoms with van der Waals surface area (Å²) in [6.45, 7) is -0.765. The fraction of sp³-hybridized carbons (Fsp3) is 0.375. The topological polar surface area (TPSA) is 171 Å². The number of thioether (sulfide) groups is 2. The van der Waals surface area contributed by atoms with Crippen LogP contribution in [-0.4, -0.2) is 86.6 Å². The smallest absolute Gasteiger partial charge is 0.353 e. The molecule has 31 heavy (non-hydrogen) atoms. The molecule has 12 nitrogen and oxygen atoms in total. The fourth-order valence-corrected chi connectivity index (χ4v) is 5.72. The maximum Gasteiger partial charge on any atom is 0.353 e. The molecule has 1 unspecified atom stereocenters. The Morgan fingerprint density at radius 3 is 2.74 bits per heavy atom. The molecule has 0 aliphatic carbocycles. The Hall–Kier alpha value is -2.78. The molecule has 0 bridgehead atoms. The molecule has 1 aromatic rings. The zero-order valence-electron chi connectivity index (χ0n) is 16.1. The molecule has 0 spiro atoms. The molecule has 2 atom stereocenters. The monoisotopic (exact) mass is 487 g/mol. The van der Waals surface area contributed by atoms with Gasteiger partial charge in [-0.25, -0.2) is 14.6 Å². The third-order valence-corrected chi connectivity index (χ3v) is 7.34. The summed E-state index contributed by atoms with van der Waals surface area (Å²) in [4.78, 5) is 58.4. The van der Waals surface area contributed by atoms with Crippen molar-refractivity contribution in [1.82, 2.24) is 15.2 Å². The predicted molar refractivity (Wildman–Crippen MR) is 115 cm³/mol. The van der Waals surface area contributed by atoms with Crippen molar-refractivity contribution in [2.24, 2.45) is 5.16 Å². The Morgan fingerprint density at radius 1 is 1.42 bits per heavy atom. The molecular weight excluding hydrogens is 470 g/mol. The average molecular weight is 488 g/mol. The number of nitrogens with zero attached hydrogens (tertiary/aromatic N) is 3. The van der Waals surface area contributed by atoms with Gasteiger partial charge < -0.3 is 25.7 Å². The lowest BCUT2D eigenvalue weighted by molar-refractivity contribution is -0.150. The van der Waals surface area contributed by atoms with Crippen LogP contribution in [0.3, 0.4) is 0 Å². The van der Waals surface area contributed by atoms with Crippen LogP contribution in [0.25, 0.3) is 0 Å². The van der Waals surface area contributed by atoms with Gasteiger partial charge in [-0.2, -0.15) is 0 Å². The zero-order chi connectivity index (χ0) is 22.7. The van der Waals surface area contributed by atoms with Crippen molar-refractivity contribution in [2.45, 2.75) is 11.4 Å². The number of carbonyl (C=O) groups excluding carboxylic acids is 2. The number of fused-ring (bicyclic) bond motifs is 1. The minimum absolute atomic E-state index is 0.0800. The van der Waals surface area contributed by atoms with Crippen molar-refractivity contribution in [3.05, 3.63) is 21.7 Å². The maximum absolute atomic E-state index is 12.8. The molecule has 3 rings (SSSR count). The molecule has 166 valence electrons. The number of rotatable bonds is 9. The molecule has 4 N–H and O–H groups in total. The summed E-state index contributed by atoms with van der Waals surface area (Å²) in [6, 6.07) is -0.970. The number of hydrogen-bond acceptors (Lipinski definition) is 11. The number of anilines is 1. The second-order valence-electron chi connectivity index (χ2n) is 6.04. The van der Waals surface area contributed by atoms with Gasteiger partial charge in [0.25, 0.3) is 11.8 Å². The van der Waals surface area contributed by atoms with Crippen molar-refractivity contribution < 1.29 is 34.2 Å². The molecule has 0 aromatic carbocycles. The van der Waals surface area contributed by atoms with Crippen LogP contribution in [0.1, 0.15) is 5.69 Å². The Labute approximate surface area is 188 Å². The van der Waals surface area contributed by atoms with Gasteiger partial charge in [-0.05, 0) is 6.26 Å². The Morgan fingerprint density at radius 2 is 2.16 bits per heavy atom. The first-order valence-electron chi connectivity index (χ1n) is 8.59. The third-order valence-electron chi connectivity index (χ3n) is 4.19. The van der Waals surface area contributed by atoms with E-state index in [1.54, 1.807) is 13.3 Å². The van der Waals surface area contributed by atoms with Crippen molar-refractivity contribution in [1.29, 1.82) is 0 Å². The fourth-order valence-electron chi connectivity index (χ4n) is 2.81. The van der Waals surface area contributed by atoms with Crippen LogP contribution in [-0.2, 0) is 24.0 Å². The number of carboxylic acid groups (broad SMARTS) is 2. The van der Waals surface area contributed by atoms with E-state index >= 15 is 0 Å². The molecule has 1 fully saturated rings. The predicted octanol–water partition coefficient (Wildman–Crippen LogP) is 0.0492. The second kappa shape index (κ2) is 9.57. The van der Waals surface area contributed by atoms with E-state index in [1.165, 1.54) is 40.2 Å². The van der Waals surface area contributed by atoms with E-state index in [9.17, 15) is 24.3 Å². The standard InChI is InChI=1S/C16H17N5O7S3/c1-17-16-18-6(4-31-16)9(20-28-3-8(22)23)12(24)19-10-13(25)21-11(15(26)27)7(29-2)5-30-14(10)21/h4,10,14H,3,5H2,1-2H3,(H,17,18)(H,19,24)(H,22,23)(H,26,27)/t10?,14-/m0/s1. The number of oxime groups is 1. The number of hydrogen-bond donors (Lipinski definition) is 4. The van der Waals surface area contributed by atoms with Gasteiger partial charge in [-0.3, -0.25) is 14.5 Å². The number of aliphatic carboxylic acids is 2. The van der Waals surface area contributed by atoms with Crippen molar-refractivity contribution in [3.8, 4) is 0 Å². The van der Waals surface area contributed by atoms with E-state index < -0.39 is 41.8 Å². The summed E-state index contributed by atoms with van der Waals surface area (Å²) in [5.74, 6) is -3.45. The molecule has 1 aromatic heterocycles. The van der Waals surface area contributed by atoms with Crippen LogP contribution < -0.4 is 10.6 Å². The van der Waals surface area contributed by atoms with Gasteiger partial charge in [0.15, 0.2) is 10.8 Å². The highest BCUT2D eigenvalue weighted by atomic mass is 32.2. The van der Waals surface area contributed by atoms with Gasteiger partial charge in [0.1, 0.15) is 22.8 Å². The van der Waals surface area contributed by atoms with E-state index in [0.717, 1.165) is 4.90 Å². The zero-order valence-corrected chi connectivity index (χ0v) is 18.6. The number of thiazole rings is 1. The first-order chi connectivity index (χ1) is 14.8. The molecular formula is C16H17N5O7S3. The van der Waals surface area contributed by atoms with E-state index in [4.69, 9.17) is 9.94 Å². The summed E-state index contributed by atoms with van der Waals surface area (Å²) in [5, 5.41) is 28.6. The van der Waals surface area contributed by atoms with Crippen LogP contribution >= 0.6 is 34.9 Å². The van der Waals surface area contributed by atoms with Gasteiger partial charge in [0.05, 0.1) is 0 Å². The SMILES string of the molecule is CNc1nc(C(=NOCC(=O)O)C(=O)NC2C(=O)N3C(C(=O)O)=C(SC)CS[C@@H]23)cs1. The van der Waals surface area contributed by atoms with Crippen molar-refractivity contribution in [2.75, 3.05) is 31.0 Å². The van der Waals surface area contributed by atoms with Crippen LogP contribution in [0.4, 0.5) is 5.13 Å². The Balaban J connectivity index is 1.79. The lowest BCUT2D eigenvalue weighted by Crippen LogP contribution is -2.71.